The second-order valence-electron chi connectivity index (χ2n) is 5.43. The topological polar surface area (TPSA) is 41.1 Å². The van der Waals surface area contributed by atoms with Crippen molar-refractivity contribution in [3.05, 3.63) is 28.8 Å². The van der Waals surface area contributed by atoms with Gasteiger partial charge in [-0.05, 0) is 48.8 Å². The molecule has 5 heteroatoms. The van der Waals surface area contributed by atoms with E-state index in [4.69, 9.17) is 11.6 Å². The van der Waals surface area contributed by atoms with Crippen LogP contribution in [0.4, 0.5) is 0 Å². The van der Waals surface area contributed by atoms with Gasteiger partial charge in [0.15, 0.2) is 0 Å². The highest BCUT2D eigenvalue weighted by Crippen LogP contribution is 2.36. The van der Waals surface area contributed by atoms with Gasteiger partial charge < -0.3 is 10.6 Å². The Balaban J connectivity index is 1.76. The van der Waals surface area contributed by atoms with E-state index < -0.39 is 0 Å². The Bertz CT molecular complexity index is 499. The summed E-state index contributed by atoms with van der Waals surface area (Å²) in [6.07, 6.45) is 3.88. The quantitative estimate of drug-likeness (QED) is 0.882. The van der Waals surface area contributed by atoms with Crippen LogP contribution in [-0.2, 0) is 4.79 Å². The van der Waals surface area contributed by atoms with Crippen LogP contribution < -0.4 is 10.6 Å². The molecule has 0 radical (unpaired) electrons. The third kappa shape index (κ3) is 3.30. The Morgan fingerprint density at radius 2 is 2.25 bits per heavy atom. The van der Waals surface area contributed by atoms with Gasteiger partial charge in [-0.25, -0.2) is 0 Å². The maximum absolute atomic E-state index is 11.2. The number of halogens is 1. The maximum atomic E-state index is 11.2. The fourth-order valence-corrected chi connectivity index (χ4v) is 4.12. The molecule has 0 bridgehead atoms. The fourth-order valence-electron chi connectivity index (χ4n) is 2.88. The first-order valence-corrected chi connectivity index (χ1v) is 8.54. The zero-order chi connectivity index (χ0) is 13.9. The fraction of sp³-hybridized carbons (Fsp3) is 0.533. The highest BCUT2D eigenvalue weighted by Gasteiger charge is 2.24. The van der Waals surface area contributed by atoms with Gasteiger partial charge in [-0.1, -0.05) is 11.6 Å². The monoisotopic (exact) mass is 310 g/mol. The number of fused-ring (bicyclic) bond motifs is 1. The third-order valence-corrected chi connectivity index (χ3v) is 5.36. The lowest BCUT2D eigenvalue weighted by atomic mass is 9.99. The number of benzene rings is 1. The predicted octanol–water partition coefficient (Wildman–Crippen LogP) is 3.14. The molecular weight excluding hydrogens is 292 g/mol. The third-order valence-electron chi connectivity index (χ3n) is 3.94. The van der Waals surface area contributed by atoms with E-state index in [1.54, 1.807) is 0 Å². The summed E-state index contributed by atoms with van der Waals surface area (Å²) < 4.78 is 0. The van der Waals surface area contributed by atoms with Crippen molar-refractivity contribution in [3.63, 3.8) is 0 Å². The molecule has 20 heavy (non-hydrogen) atoms. The normalized spacial score (nSPS) is 26.6. The van der Waals surface area contributed by atoms with E-state index in [9.17, 15) is 4.79 Å². The molecule has 2 heterocycles. The van der Waals surface area contributed by atoms with E-state index in [0.717, 1.165) is 30.2 Å². The number of rotatable bonds is 2. The summed E-state index contributed by atoms with van der Waals surface area (Å²) in [6.45, 7) is 0.734. The van der Waals surface area contributed by atoms with Crippen LogP contribution in [-0.4, -0.2) is 24.2 Å². The molecule has 2 aliphatic heterocycles. The van der Waals surface area contributed by atoms with Crippen LogP contribution in [0.3, 0.4) is 0 Å². The van der Waals surface area contributed by atoms with E-state index in [1.165, 1.54) is 16.9 Å². The number of thioether (sulfide) groups is 1. The molecule has 0 aliphatic carbocycles. The maximum Gasteiger partial charge on any atom is 0.220 e. The molecule has 2 N–H and O–H groups in total. The zero-order valence-electron chi connectivity index (χ0n) is 11.3. The predicted molar refractivity (Wildman–Crippen MR) is 83.3 cm³/mol. The SMILES string of the molecule is O=C1CC[C@@H](N[C@@H]2CCCSc3ccc(Cl)cc32)CN1. The number of piperidine rings is 1. The van der Waals surface area contributed by atoms with Gasteiger partial charge in [-0.3, -0.25) is 4.79 Å². The van der Waals surface area contributed by atoms with Crippen molar-refractivity contribution in [2.45, 2.75) is 42.7 Å². The number of carbonyl (C=O) groups is 1. The minimum absolute atomic E-state index is 0.169. The summed E-state index contributed by atoms with van der Waals surface area (Å²) in [5.74, 6) is 1.33. The second kappa shape index (κ2) is 6.37. The average molecular weight is 311 g/mol. The lowest BCUT2D eigenvalue weighted by Crippen LogP contribution is -2.46. The van der Waals surface area contributed by atoms with Crippen LogP contribution in [0.2, 0.25) is 5.02 Å². The van der Waals surface area contributed by atoms with Crippen molar-refractivity contribution in [2.24, 2.45) is 0 Å². The molecule has 1 aromatic rings. The van der Waals surface area contributed by atoms with Crippen LogP contribution in [0, 0.1) is 0 Å². The number of carbonyl (C=O) groups excluding carboxylic acids is 1. The van der Waals surface area contributed by atoms with Crippen molar-refractivity contribution >= 4 is 29.3 Å². The Kier molecular flexibility index (Phi) is 4.54. The number of hydrogen-bond acceptors (Lipinski definition) is 3. The van der Waals surface area contributed by atoms with Gasteiger partial charge in [-0.15, -0.1) is 11.8 Å². The second-order valence-corrected chi connectivity index (χ2v) is 7.00. The summed E-state index contributed by atoms with van der Waals surface area (Å²) in [4.78, 5) is 12.6. The van der Waals surface area contributed by atoms with E-state index >= 15 is 0 Å². The molecule has 1 aromatic carbocycles. The first-order valence-electron chi connectivity index (χ1n) is 7.17. The standard InChI is InChI=1S/C15H19ClN2OS/c16-10-3-5-14-12(8-10)13(2-1-7-20-14)18-11-4-6-15(19)17-9-11/h3,5,8,11,13,18H,1-2,4,6-7,9H2,(H,17,19)/t11-,13-/m1/s1. The van der Waals surface area contributed by atoms with E-state index in [2.05, 4.69) is 22.8 Å². The van der Waals surface area contributed by atoms with Crippen LogP contribution >= 0.6 is 23.4 Å². The first-order chi connectivity index (χ1) is 9.72. The van der Waals surface area contributed by atoms with Gasteiger partial charge >= 0.3 is 0 Å². The number of hydrogen-bond donors (Lipinski definition) is 2. The molecule has 108 valence electrons. The van der Waals surface area contributed by atoms with Crippen LogP contribution in [0.5, 0.6) is 0 Å². The minimum atomic E-state index is 0.169. The van der Waals surface area contributed by atoms with E-state index in [0.29, 0.717) is 18.5 Å². The molecule has 0 spiro atoms. The van der Waals surface area contributed by atoms with Crippen LogP contribution in [0.25, 0.3) is 0 Å². The molecule has 0 saturated carbocycles. The smallest absolute Gasteiger partial charge is 0.220 e. The van der Waals surface area contributed by atoms with Crippen molar-refractivity contribution < 1.29 is 4.79 Å². The minimum Gasteiger partial charge on any atom is -0.355 e. The molecule has 2 atom stereocenters. The molecule has 0 unspecified atom stereocenters. The first kappa shape index (κ1) is 14.2. The lowest BCUT2D eigenvalue weighted by Gasteiger charge is -2.29. The van der Waals surface area contributed by atoms with Gasteiger partial charge in [0, 0.05) is 35.0 Å². The Hall–Kier alpha value is -0.710. The van der Waals surface area contributed by atoms with Crippen LogP contribution in [0.15, 0.2) is 23.1 Å². The van der Waals surface area contributed by atoms with E-state index in [1.807, 2.05) is 17.8 Å². The molecule has 3 nitrogen and oxygen atoms in total. The molecule has 1 amide bonds. The van der Waals surface area contributed by atoms with Gasteiger partial charge in [0.1, 0.15) is 0 Å². The summed E-state index contributed by atoms with van der Waals surface area (Å²) in [5.41, 5.74) is 1.32. The molecule has 1 fully saturated rings. The Labute approximate surface area is 128 Å². The Morgan fingerprint density at radius 1 is 1.35 bits per heavy atom. The molecule has 3 rings (SSSR count). The average Bonchev–Trinajstić information content (AvgIpc) is 2.64. The van der Waals surface area contributed by atoms with Crippen molar-refractivity contribution in [1.29, 1.82) is 0 Å². The molecule has 0 aromatic heterocycles. The number of amides is 1. The van der Waals surface area contributed by atoms with Crippen molar-refractivity contribution in [2.75, 3.05) is 12.3 Å². The van der Waals surface area contributed by atoms with E-state index in [-0.39, 0.29) is 5.91 Å². The Morgan fingerprint density at radius 3 is 3.05 bits per heavy atom. The summed E-state index contributed by atoms with van der Waals surface area (Å²) in [7, 11) is 0. The number of nitrogens with one attached hydrogen (secondary N) is 2. The zero-order valence-corrected chi connectivity index (χ0v) is 12.9. The van der Waals surface area contributed by atoms with Gasteiger partial charge in [-0.2, -0.15) is 0 Å². The molecule has 2 aliphatic rings. The van der Waals surface area contributed by atoms with Crippen molar-refractivity contribution in [1.82, 2.24) is 10.6 Å². The van der Waals surface area contributed by atoms with Gasteiger partial charge in [0.25, 0.3) is 0 Å². The molecular formula is C15H19ClN2OS. The largest absolute Gasteiger partial charge is 0.355 e. The molecule has 1 saturated heterocycles. The summed E-state index contributed by atoms with van der Waals surface area (Å²) in [5, 5.41) is 7.46. The van der Waals surface area contributed by atoms with Crippen LogP contribution in [0.1, 0.15) is 37.3 Å². The van der Waals surface area contributed by atoms with Gasteiger partial charge in [0.05, 0.1) is 0 Å². The summed E-state index contributed by atoms with van der Waals surface area (Å²) >= 11 is 8.08. The highest BCUT2D eigenvalue weighted by molar-refractivity contribution is 7.99. The lowest BCUT2D eigenvalue weighted by molar-refractivity contribution is -0.122. The summed E-state index contributed by atoms with van der Waals surface area (Å²) in [6, 6.07) is 6.90. The van der Waals surface area contributed by atoms with Gasteiger partial charge in [0.2, 0.25) is 5.91 Å². The highest BCUT2D eigenvalue weighted by atomic mass is 35.5. The van der Waals surface area contributed by atoms with Crippen molar-refractivity contribution in [3.8, 4) is 0 Å².